The van der Waals surface area contributed by atoms with Crippen LogP contribution in [0.3, 0.4) is 0 Å². The maximum atomic E-state index is 9.83. The number of rotatable bonds is 3. The molecule has 3 nitrogen and oxygen atoms in total. The molecule has 1 aromatic heterocycles. The molecule has 2 rings (SSSR count). The summed E-state index contributed by atoms with van der Waals surface area (Å²) >= 11 is 0. The molecule has 3 heteroatoms. The Morgan fingerprint density at radius 3 is 2.82 bits per heavy atom. The van der Waals surface area contributed by atoms with E-state index in [2.05, 4.69) is 23.4 Å². The molecule has 0 aromatic carbocycles. The van der Waals surface area contributed by atoms with Crippen LogP contribution in [-0.4, -0.2) is 20.8 Å². The highest BCUT2D eigenvalue weighted by Crippen LogP contribution is 2.36. The van der Waals surface area contributed by atoms with Gasteiger partial charge in [0.2, 0.25) is 0 Å². The molecule has 0 saturated carbocycles. The van der Waals surface area contributed by atoms with Crippen LogP contribution in [-0.2, 0) is 13.5 Å². The fourth-order valence-electron chi connectivity index (χ4n) is 2.72. The van der Waals surface area contributed by atoms with Crippen LogP contribution in [0.4, 0.5) is 0 Å². The molecule has 94 valence electrons. The van der Waals surface area contributed by atoms with E-state index in [4.69, 9.17) is 0 Å². The van der Waals surface area contributed by atoms with Crippen molar-refractivity contribution in [3.63, 3.8) is 0 Å². The Balaban J connectivity index is 1.98. The zero-order valence-electron chi connectivity index (χ0n) is 11.0. The standard InChI is InChI=1S/C14H22N2O/c1-14(2)9-11(8-12(17)10-14)4-5-13-15-6-7-16(13)3/h6-8,12,17H,4-5,9-10H2,1-3H3. The number of nitrogens with zero attached hydrogens (tertiary/aromatic N) is 2. The summed E-state index contributed by atoms with van der Waals surface area (Å²) in [6, 6.07) is 0. The van der Waals surface area contributed by atoms with Gasteiger partial charge in [0.25, 0.3) is 0 Å². The molecule has 1 aromatic rings. The van der Waals surface area contributed by atoms with Crippen LogP contribution in [0, 0.1) is 5.41 Å². The van der Waals surface area contributed by atoms with Crippen LogP contribution in [0.1, 0.15) is 38.9 Å². The Morgan fingerprint density at radius 2 is 2.24 bits per heavy atom. The molecule has 0 aliphatic heterocycles. The molecule has 1 aliphatic carbocycles. The maximum absolute atomic E-state index is 9.83. The van der Waals surface area contributed by atoms with E-state index in [1.165, 1.54) is 5.57 Å². The summed E-state index contributed by atoms with van der Waals surface area (Å²) < 4.78 is 2.06. The molecule has 0 radical (unpaired) electrons. The summed E-state index contributed by atoms with van der Waals surface area (Å²) in [6.45, 7) is 4.45. The van der Waals surface area contributed by atoms with Crippen LogP contribution >= 0.6 is 0 Å². The summed E-state index contributed by atoms with van der Waals surface area (Å²) in [5, 5.41) is 9.83. The van der Waals surface area contributed by atoms with Gasteiger partial charge >= 0.3 is 0 Å². The smallest absolute Gasteiger partial charge is 0.108 e. The fraction of sp³-hybridized carbons (Fsp3) is 0.643. The molecular weight excluding hydrogens is 212 g/mol. The maximum Gasteiger partial charge on any atom is 0.108 e. The lowest BCUT2D eigenvalue weighted by molar-refractivity contribution is 0.137. The molecule has 17 heavy (non-hydrogen) atoms. The van der Waals surface area contributed by atoms with Gasteiger partial charge in [-0.1, -0.05) is 25.5 Å². The number of allylic oxidation sites excluding steroid dienone is 1. The first kappa shape index (κ1) is 12.4. The predicted octanol–water partition coefficient (Wildman–Crippen LogP) is 2.46. The van der Waals surface area contributed by atoms with Crippen LogP contribution in [0.25, 0.3) is 0 Å². The van der Waals surface area contributed by atoms with Crippen molar-refractivity contribution in [3.05, 3.63) is 29.9 Å². The number of aliphatic hydroxyl groups excluding tert-OH is 1. The first-order valence-corrected chi connectivity index (χ1v) is 6.30. The highest BCUT2D eigenvalue weighted by atomic mass is 16.3. The highest BCUT2D eigenvalue weighted by molar-refractivity contribution is 5.14. The third-order valence-electron chi connectivity index (χ3n) is 3.49. The van der Waals surface area contributed by atoms with Crippen molar-refractivity contribution in [2.24, 2.45) is 12.5 Å². The Labute approximate surface area is 103 Å². The van der Waals surface area contributed by atoms with Gasteiger partial charge in [-0.3, -0.25) is 0 Å². The van der Waals surface area contributed by atoms with E-state index in [0.29, 0.717) is 0 Å². The summed E-state index contributed by atoms with van der Waals surface area (Å²) in [6.07, 6.45) is 9.51. The Hall–Kier alpha value is -1.09. The minimum Gasteiger partial charge on any atom is -0.389 e. The predicted molar refractivity (Wildman–Crippen MR) is 68.6 cm³/mol. The van der Waals surface area contributed by atoms with Gasteiger partial charge in [-0.25, -0.2) is 4.98 Å². The van der Waals surface area contributed by atoms with E-state index < -0.39 is 0 Å². The number of hydrogen-bond donors (Lipinski definition) is 1. The first-order chi connectivity index (χ1) is 7.96. The quantitative estimate of drug-likeness (QED) is 0.816. The summed E-state index contributed by atoms with van der Waals surface area (Å²) in [4.78, 5) is 4.33. The Bertz CT molecular complexity index is 418. The topological polar surface area (TPSA) is 38.0 Å². The first-order valence-electron chi connectivity index (χ1n) is 6.30. The number of aromatic nitrogens is 2. The Morgan fingerprint density at radius 1 is 1.47 bits per heavy atom. The third-order valence-corrected chi connectivity index (χ3v) is 3.49. The van der Waals surface area contributed by atoms with E-state index in [1.54, 1.807) is 0 Å². The van der Waals surface area contributed by atoms with Crippen LogP contribution in [0.2, 0.25) is 0 Å². The minimum atomic E-state index is -0.268. The number of aliphatic hydroxyl groups is 1. The average Bonchev–Trinajstić information content (AvgIpc) is 2.58. The monoisotopic (exact) mass is 234 g/mol. The van der Waals surface area contributed by atoms with Crippen molar-refractivity contribution in [3.8, 4) is 0 Å². The van der Waals surface area contributed by atoms with E-state index in [9.17, 15) is 5.11 Å². The Kier molecular flexibility index (Phi) is 3.38. The lowest BCUT2D eigenvalue weighted by Gasteiger charge is -2.32. The second-order valence-electron chi connectivity index (χ2n) is 5.89. The molecule has 1 aliphatic rings. The third kappa shape index (κ3) is 3.19. The molecule has 1 atom stereocenters. The molecule has 1 heterocycles. The van der Waals surface area contributed by atoms with Crippen molar-refractivity contribution in [1.29, 1.82) is 0 Å². The van der Waals surface area contributed by atoms with Gasteiger partial charge in [0.1, 0.15) is 5.82 Å². The molecule has 0 amide bonds. The zero-order valence-corrected chi connectivity index (χ0v) is 11.0. The fourth-order valence-corrected chi connectivity index (χ4v) is 2.72. The second kappa shape index (κ2) is 4.65. The second-order valence-corrected chi connectivity index (χ2v) is 5.89. The molecule has 0 bridgehead atoms. The molecule has 0 saturated heterocycles. The van der Waals surface area contributed by atoms with Crippen LogP contribution < -0.4 is 0 Å². The summed E-state index contributed by atoms with van der Waals surface area (Å²) in [5.41, 5.74) is 1.60. The largest absolute Gasteiger partial charge is 0.389 e. The zero-order chi connectivity index (χ0) is 12.5. The lowest BCUT2D eigenvalue weighted by Crippen LogP contribution is -2.25. The number of aryl methyl sites for hydroxylation is 2. The molecule has 0 fully saturated rings. The summed E-state index contributed by atoms with van der Waals surface area (Å²) in [5.74, 6) is 1.11. The van der Waals surface area contributed by atoms with E-state index in [-0.39, 0.29) is 11.5 Å². The molecule has 1 unspecified atom stereocenters. The normalized spacial score (nSPS) is 23.5. The summed E-state index contributed by atoms with van der Waals surface area (Å²) in [7, 11) is 2.02. The highest BCUT2D eigenvalue weighted by Gasteiger charge is 2.27. The number of hydrogen-bond acceptors (Lipinski definition) is 2. The average molecular weight is 234 g/mol. The van der Waals surface area contributed by atoms with Crippen molar-refractivity contribution >= 4 is 0 Å². The van der Waals surface area contributed by atoms with Crippen molar-refractivity contribution in [2.75, 3.05) is 0 Å². The van der Waals surface area contributed by atoms with Crippen LogP contribution in [0.15, 0.2) is 24.0 Å². The van der Waals surface area contributed by atoms with Crippen LogP contribution in [0.5, 0.6) is 0 Å². The molecule has 0 spiro atoms. The van der Waals surface area contributed by atoms with Gasteiger partial charge in [0.05, 0.1) is 6.10 Å². The SMILES string of the molecule is Cn1ccnc1CCC1=CC(O)CC(C)(C)C1. The van der Waals surface area contributed by atoms with Gasteiger partial charge in [-0.2, -0.15) is 0 Å². The van der Waals surface area contributed by atoms with Gasteiger partial charge in [-0.15, -0.1) is 0 Å². The molecular formula is C14H22N2O. The van der Waals surface area contributed by atoms with Gasteiger partial charge in [0, 0.05) is 25.9 Å². The van der Waals surface area contributed by atoms with Gasteiger partial charge in [0.15, 0.2) is 0 Å². The van der Waals surface area contributed by atoms with Gasteiger partial charge < -0.3 is 9.67 Å². The van der Waals surface area contributed by atoms with E-state index >= 15 is 0 Å². The van der Waals surface area contributed by atoms with E-state index in [0.717, 1.165) is 31.5 Å². The van der Waals surface area contributed by atoms with Crippen molar-refractivity contribution in [2.45, 2.75) is 45.6 Å². The minimum absolute atomic E-state index is 0.227. The van der Waals surface area contributed by atoms with E-state index in [1.807, 2.05) is 25.5 Å². The van der Waals surface area contributed by atoms with Gasteiger partial charge in [-0.05, 0) is 24.7 Å². The number of imidazole rings is 1. The molecule has 1 N–H and O–H groups in total. The van der Waals surface area contributed by atoms with Crippen molar-refractivity contribution in [1.82, 2.24) is 9.55 Å². The van der Waals surface area contributed by atoms with Crippen molar-refractivity contribution < 1.29 is 5.11 Å². The lowest BCUT2D eigenvalue weighted by atomic mass is 9.75.